The summed E-state index contributed by atoms with van der Waals surface area (Å²) in [7, 11) is 0. The van der Waals surface area contributed by atoms with E-state index in [4.69, 9.17) is 4.74 Å². The van der Waals surface area contributed by atoms with Crippen LogP contribution in [0.5, 0.6) is 0 Å². The van der Waals surface area contributed by atoms with E-state index in [9.17, 15) is 0 Å². The summed E-state index contributed by atoms with van der Waals surface area (Å²) in [5.41, 5.74) is 4.81. The zero-order valence-corrected chi connectivity index (χ0v) is 9.83. The monoisotopic (exact) mass is 214 g/mol. The first-order chi connectivity index (χ1) is 7.78. The first kappa shape index (κ1) is 10.1. The minimum atomic E-state index is 0.489. The molecule has 1 aromatic rings. The van der Waals surface area contributed by atoms with Crippen molar-refractivity contribution in [1.29, 1.82) is 0 Å². The number of ether oxygens (including phenoxy) is 1. The summed E-state index contributed by atoms with van der Waals surface area (Å²) < 4.78 is 5.33. The van der Waals surface area contributed by atoms with Crippen molar-refractivity contribution < 1.29 is 4.74 Å². The van der Waals surface area contributed by atoms with E-state index in [2.05, 4.69) is 37.3 Å². The highest BCUT2D eigenvalue weighted by molar-refractivity contribution is 5.66. The average molecular weight is 214 g/mol. The fourth-order valence-corrected chi connectivity index (χ4v) is 2.35. The second-order valence-corrected chi connectivity index (χ2v) is 5.19. The number of benzene rings is 1. The molecule has 0 saturated heterocycles. The van der Waals surface area contributed by atoms with Crippen LogP contribution in [-0.4, -0.2) is 13.2 Å². The summed E-state index contributed by atoms with van der Waals surface area (Å²) in [4.78, 5) is 0. The maximum Gasteiger partial charge on any atom is 0.0653 e. The third-order valence-electron chi connectivity index (χ3n) is 3.92. The van der Waals surface area contributed by atoms with Gasteiger partial charge in [0.25, 0.3) is 0 Å². The zero-order valence-electron chi connectivity index (χ0n) is 9.83. The van der Waals surface area contributed by atoms with Crippen LogP contribution in [0.3, 0.4) is 0 Å². The van der Waals surface area contributed by atoms with E-state index in [0.717, 1.165) is 19.6 Å². The van der Waals surface area contributed by atoms with Gasteiger partial charge in [-0.2, -0.15) is 0 Å². The summed E-state index contributed by atoms with van der Waals surface area (Å²) >= 11 is 0. The molecule has 2 aliphatic rings. The summed E-state index contributed by atoms with van der Waals surface area (Å²) in [5, 5.41) is 0. The van der Waals surface area contributed by atoms with Crippen LogP contribution < -0.4 is 0 Å². The Kier molecular flexibility index (Phi) is 2.36. The quantitative estimate of drug-likeness (QED) is 0.731. The van der Waals surface area contributed by atoms with Gasteiger partial charge in [-0.3, -0.25) is 0 Å². The van der Waals surface area contributed by atoms with Crippen molar-refractivity contribution >= 4 is 5.57 Å². The Morgan fingerprint density at radius 2 is 1.88 bits per heavy atom. The Morgan fingerprint density at radius 3 is 2.44 bits per heavy atom. The van der Waals surface area contributed by atoms with Crippen LogP contribution in [0.25, 0.3) is 5.57 Å². The second-order valence-electron chi connectivity index (χ2n) is 5.19. The number of rotatable bonds is 2. The van der Waals surface area contributed by atoms with Crippen LogP contribution >= 0.6 is 0 Å². The van der Waals surface area contributed by atoms with Gasteiger partial charge in [-0.05, 0) is 41.4 Å². The number of hydrogen-bond acceptors (Lipinski definition) is 1. The fourth-order valence-electron chi connectivity index (χ4n) is 2.35. The van der Waals surface area contributed by atoms with E-state index in [1.807, 2.05) is 0 Å². The second kappa shape index (κ2) is 3.74. The van der Waals surface area contributed by atoms with Gasteiger partial charge in [0.05, 0.1) is 13.2 Å². The van der Waals surface area contributed by atoms with Crippen LogP contribution in [0.2, 0.25) is 0 Å². The average Bonchev–Trinajstić information content (AvgIpc) is 3.10. The minimum Gasteiger partial charge on any atom is -0.377 e. The highest BCUT2D eigenvalue weighted by Gasteiger charge is 2.38. The van der Waals surface area contributed by atoms with Crippen LogP contribution in [0.1, 0.15) is 37.3 Å². The van der Waals surface area contributed by atoms with Crippen molar-refractivity contribution in [2.45, 2.75) is 31.6 Å². The highest BCUT2D eigenvalue weighted by Crippen LogP contribution is 2.47. The van der Waals surface area contributed by atoms with Crippen LogP contribution in [0.4, 0.5) is 0 Å². The van der Waals surface area contributed by atoms with E-state index in [0.29, 0.717) is 5.41 Å². The van der Waals surface area contributed by atoms with Crippen molar-refractivity contribution in [3.63, 3.8) is 0 Å². The third-order valence-corrected chi connectivity index (χ3v) is 3.92. The standard InChI is InChI=1S/C15H18O/c1-15(8-9-15)14-4-2-12(3-5-14)13-6-10-16-11-7-13/h2-6H,7-11H2,1H3. The molecule has 1 nitrogen and oxygen atoms in total. The Bertz CT molecular complexity index is 410. The lowest BCUT2D eigenvalue weighted by molar-refractivity contribution is 0.161. The fraction of sp³-hybridized carbons (Fsp3) is 0.467. The van der Waals surface area contributed by atoms with E-state index < -0.39 is 0 Å². The van der Waals surface area contributed by atoms with Gasteiger partial charge in [0.2, 0.25) is 0 Å². The molecular weight excluding hydrogens is 196 g/mol. The van der Waals surface area contributed by atoms with Gasteiger partial charge in [-0.1, -0.05) is 37.3 Å². The van der Waals surface area contributed by atoms with Gasteiger partial charge in [0.15, 0.2) is 0 Å². The normalized spacial score (nSPS) is 22.7. The lowest BCUT2D eigenvalue weighted by atomic mass is 9.94. The molecule has 0 unspecified atom stereocenters. The van der Waals surface area contributed by atoms with Gasteiger partial charge < -0.3 is 4.74 Å². The molecule has 1 saturated carbocycles. The Morgan fingerprint density at radius 1 is 1.12 bits per heavy atom. The predicted octanol–water partition coefficient (Wildman–Crippen LogP) is 3.54. The molecule has 1 heterocycles. The summed E-state index contributed by atoms with van der Waals surface area (Å²) in [6.45, 7) is 4.00. The molecule has 1 aliphatic carbocycles. The Hall–Kier alpha value is -1.08. The molecule has 0 bridgehead atoms. The van der Waals surface area contributed by atoms with Crippen LogP contribution in [-0.2, 0) is 10.2 Å². The summed E-state index contributed by atoms with van der Waals surface area (Å²) in [6, 6.07) is 9.16. The van der Waals surface area contributed by atoms with E-state index in [-0.39, 0.29) is 0 Å². The lowest BCUT2D eigenvalue weighted by Crippen LogP contribution is -2.04. The van der Waals surface area contributed by atoms with Crippen molar-refractivity contribution in [3.8, 4) is 0 Å². The first-order valence-corrected chi connectivity index (χ1v) is 6.16. The van der Waals surface area contributed by atoms with Gasteiger partial charge in [0.1, 0.15) is 0 Å². The maximum atomic E-state index is 5.33. The van der Waals surface area contributed by atoms with Crippen LogP contribution in [0.15, 0.2) is 30.3 Å². The third kappa shape index (κ3) is 1.80. The number of hydrogen-bond donors (Lipinski definition) is 0. The molecule has 84 valence electrons. The van der Waals surface area contributed by atoms with Crippen molar-refractivity contribution in [2.24, 2.45) is 0 Å². The molecule has 1 aliphatic heterocycles. The predicted molar refractivity (Wildman–Crippen MR) is 66.4 cm³/mol. The SMILES string of the molecule is CC1(c2ccc(C3=CCOCC3)cc2)CC1. The highest BCUT2D eigenvalue weighted by atomic mass is 16.5. The molecule has 1 aromatic carbocycles. The molecule has 3 rings (SSSR count). The van der Waals surface area contributed by atoms with Crippen LogP contribution in [0, 0.1) is 0 Å². The molecule has 0 amide bonds. The van der Waals surface area contributed by atoms with Gasteiger partial charge in [-0.15, -0.1) is 0 Å². The summed E-state index contributed by atoms with van der Waals surface area (Å²) in [6.07, 6.45) is 5.96. The molecule has 0 atom stereocenters. The van der Waals surface area contributed by atoms with Gasteiger partial charge in [0, 0.05) is 0 Å². The first-order valence-electron chi connectivity index (χ1n) is 6.16. The lowest BCUT2D eigenvalue weighted by Gasteiger charge is -2.15. The van der Waals surface area contributed by atoms with E-state index in [1.165, 1.54) is 29.5 Å². The Labute approximate surface area is 97.1 Å². The summed E-state index contributed by atoms with van der Waals surface area (Å²) in [5.74, 6) is 0. The molecule has 16 heavy (non-hydrogen) atoms. The minimum absolute atomic E-state index is 0.489. The zero-order chi connectivity index (χ0) is 11.0. The maximum absolute atomic E-state index is 5.33. The molecular formula is C15H18O. The van der Waals surface area contributed by atoms with Crippen molar-refractivity contribution in [3.05, 3.63) is 41.5 Å². The largest absolute Gasteiger partial charge is 0.377 e. The Balaban J connectivity index is 1.84. The molecule has 1 heteroatoms. The van der Waals surface area contributed by atoms with Gasteiger partial charge in [-0.25, -0.2) is 0 Å². The van der Waals surface area contributed by atoms with E-state index in [1.54, 1.807) is 0 Å². The molecule has 0 spiro atoms. The van der Waals surface area contributed by atoms with E-state index >= 15 is 0 Å². The molecule has 0 aromatic heterocycles. The molecule has 1 fully saturated rings. The van der Waals surface area contributed by atoms with Crippen molar-refractivity contribution in [2.75, 3.05) is 13.2 Å². The topological polar surface area (TPSA) is 9.23 Å². The molecule has 0 radical (unpaired) electrons. The van der Waals surface area contributed by atoms with Gasteiger partial charge >= 0.3 is 0 Å². The molecule has 0 N–H and O–H groups in total. The smallest absolute Gasteiger partial charge is 0.0653 e. The van der Waals surface area contributed by atoms with Crippen molar-refractivity contribution in [1.82, 2.24) is 0 Å².